The zero-order valence-electron chi connectivity index (χ0n) is 14.9. The fraction of sp³-hybridized carbons (Fsp3) is 0.353. The molecular formula is C17H17F3N2O5S. The highest BCUT2D eigenvalue weighted by molar-refractivity contribution is 7.89. The summed E-state index contributed by atoms with van der Waals surface area (Å²) < 4.78 is 80.9. The SMILES string of the molecule is COc1ccc(S(=O)(=O)N2CC(Oc3ncccc3C(F)(F)F)C2)cc1OC. The molecule has 0 bridgehead atoms. The molecule has 0 aliphatic carbocycles. The van der Waals surface area contributed by atoms with Gasteiger partial charge in [-0.1, -0.05) is 0 Å². The van der Waals surface area contributed by atoms with Crippen LogP contribution in [0.4, 0.5) is 13.2 Å². The van der Waals surface area contributed by atoms with Crippen molar-refractivity contribution >= 4 is 10.0 Å². The van der Waals surface area contributed by atoms with E-state index in [0.29, 0.717) is 5.75 Å². The van der Waals surface area contributed by atoms with Gasteiger partial charge in [-0.15, -0.1) is 0 Å². The first kappa shape index (κ1) is 20.2. The first-order valence-corrected chi connectivity index (χ1v) is 9.52. The van der Waals surface area contributed by atoms with Crippen molar-refractivity contribution in [3.8, 4) is 17.4 Å². The van der Waals surface area contributed by atoms with Gasteiger partial charge in [0.15, 0.2) is 11.5 Å². The number of benzene rings is 1. The molecule has 0 N–H and O–H groups in total. The molecule has 2 heterocycles. The summed E-state index contributed by atoms with van der Waals surface area (Å²) in [7, 11) is -1.04. The Balaban J connectivity index is 1.72. The lowest BCUT2D eigenvalue weighted by Gasteiger charge is -2.37. The van der Waals surface area contributed by atoms with Crippen LogP contribution in [0.25, 0.3) is 0 Å². The minimum absolute atomic E-state index is 0.0163. The van der Waals surface area contributed by atoms with E-state index in [-0.39, 0.29) is 23.7 Å². The van der Waals surface area contributed by atoms with Crippen molar-refractivity contribution in [2.45, 2.75) is 17.2 Å². The number of nitrogens with zero attached hydrogens (tertiary/aromatic N) is 2. The molecule has 152 valence electrons. The Morgan fingerprint density at radius 3 is 2.39 bits per heavy atom. The highest BCUT2D eigenvalue weighted by Gasteiger charge is 2.41. The van der Waals surface area contributed by atoms with Crippen molar-refractivity contribution in [1.82, 2.24) is 9.29 Å². The summed E-state index contributed by atoms with van der Waals surface area (Å²) in [6.45, 7) is -0.185. The molecule has 11 heteroatoms. The zero-order valence-corrected chi connectivity index (χ0v) is 15.7. The minimum Gasteiger partial charge on any atom is -0.493 e. The molecule has 2 aromatic rings. The molecule has 1 aromatic carbocycles. The van der Waals surface area contributed by atoms with Crippen molar-refractivity contribution in [3.63, 3.8) is 0 Å². The van der Waals surface area contributed by atoms with Crippen molar-refractivity contribution in [2.75, 3.05) is 27.3 Å². The fourth-order valence-electron chi connectivity index (χ4n) is 2.66. The summed E-state index contributed by atoms with van der Waals surface area (Å²) in [5, 5.41) is 0. The molecule has 0 radical (unpaired) electrons. The molecular weight excluding hydrogens is 401 g/mol. The van der Waals surface area contributed by atoms with E-state index < -0.39 is 33.7 Å². The number of pyridine rings is 1. The molecule has 1 fully saturated rings. The van der Waals surface area contributed by atoms with Crippen LogP contribution in [-0.2, 0) is 16.2 Å². The summed E-state index contributed by atoms with van der Waals surface area (Å²) in [5.41, 5.74) is -1.00. The molecule has 1 aromatic heterocycles. The molecule has 28 heavy (non-hydrogen) atoms. The number of methoxy groups -OCH3 is 2. The summed E-state index contributed by atoms with van der Waals surface area (Å²) in [4.78, 5) is 3.60. The highest BCUT2D eigenvalue weighted by atomic mass is 32.2. The van der Waals surface area contributed by atoms with Gasteiger partial charge in [0.05, 0.1) is 32.2 Å². The Bertz CT molecular complexity index is 960. The van der Waals surface area contributed by atoms with E-state index in [4.69, 9.17) is 14.2 Å². The van der Waals surface area contributed by atoms with Crippen LogP contribution < -0.4 is 14.2 Å². The lowest BCUT2D eigenvalue weighted by molar-refractivity contribution is -0.140. The van der Waals surface area contributed by atoms with Gasteiger partial charge in [-0.05, 0) is 24.3 Å². The third-order valence-electron chi connectivity index (χ3n) is 4.16. The van der Waals surface area contributed by atoms with Gasteiger partial charge < -0.3 is 14.2 Å². The maximum absolute atomic E-state index is 13.0. The molecule has 0 amide bonds. The van der Waals surface area contributed by atoms with Crippen molar-refractivity contribution in [1.29, 1.82) is 0 Å². The minimum atomic E-state index is -4.61. The van der Waals surface area contributed by atoms with E-state index in [2.05, 4.69) is 4.98 Å². The standard InChI is InChI=1S/C17H17F3N2O5S/c1-25-14-6-5-12(8-15(14)26-2)28(23,24)22-9-11(10-22)27-16-13(17(18,19)20)4-3-7-21-16/h3-8,11H,9-10H2,1-2H3. The van der Waals surface area contributed by atoms with E-state index in [1.165, 1.54) is 38.6 Å². The maximum Gasteiger partial charge on any atom is 0.421 e. The number of ether oxygens (including phenoxy) is 3. The molecule has 0 spiro atoms. The average molecular weight is 418 g/mol. The molecule has 0 unspecified atom stereocenters. The van der Waals surface area contributed by atoms with Crippen LogP contribution in [0.1, 0.15) is 5.56 Å². The van der Waals surface area contributed by atoms with Crippen LogP contribution in [0, 0.1) is 0 Å². The summed E-state index contributed by atoms with van der Waals surface area (Å²) in [5.74, 6) is 0.0597. The van der Waals surface area contributed by atoms with Gasteiger partial charge in [-0.3, -0.25) is 0 Å². The van der Waals surface area contributed by atoms with Crippen LogP contribution in [0.5, 0.6) is 17.4 Å². The van der Waals surface area contributed by atoms with Crippen molar-refractivity contribution in [2.24, 2.45) is 0 Å². The van der Waals surface area contributed by atoms with Crippen LogP contribution >= 0.6 is 0 Å². The van der Waals surface area contributed by atoms with Gasteiger partial charge in [0.2, 0.25) is 15.9 Å². The highest BCUT2D eigenvalue weighted by Crippen LogP contribution is 2.36. The second-order valence-electron chi connectivity index (χ2n) is 5.93. The summed E-state index contributed by atoms with van der Waals surface area (Å²) >= 11 is 0. The summed E-state index contributed by atoms with van der Waals surface area (Å²) in [6, 6.07) is 6.17. The van der Waals surface area contributed by atoms with Crippen LogP contribution in [0.2, 0.25) is 0 Å². The average Bonchev–Trinajstić information content (AvgIpc) is 2.63. The lowest BCUT2D eigenvalue weighted by Crippen LogP contribution is -2.56. The predicted octanol–water partition coefficient (Wildman–Crippen LogP) is 2.57. The zero-order chi connectivity index (χ0) is 20.5. The van der Waals surface area contributed by atoms with Gasteiger partial charge in [0.25, 0.3) is 0 Å². The largest absolute Gasteiger partial charge is 0.493 e. The van der Waals surface area contributed by atoms with E-state index in [1.54, 1.807) is 0 Å². The Morgan fingerprint density at radius 1 is 1.11 bits per heavy atom. The monoisotopic (exact) mass is 418 g/mol. The Hall–Kier alpha value is -2.53. The molecule has 7 nitrogen and oxygen atoms in total. The van der Waals surface area contributed by atoms with Gasteiger partial charge >= 0.3 is 6.18 Å². The first-order valence-electron chi connectivity index (χ1n) is 8.08. The summed E-state index contributed by atoms with van der Waals surface area (Å²) in [6.07, 6.45) is -4.16. The number of aromatic nitrogens is 1. The van der Waals surface area contributed by atoms with E-state index in [9.17, 15) is 21.6 Å². The Labute approximate surface area is 159 Å². The molecule has 1 aliphatic rings. The first-order chi connectivity index (χ1) is 13.2. The third-order valence-corrected chi connectivity index (χ3v) is 5.99. The van der Waals surface area contributed by atoms with E-state index >= 15 is 0 Å². The second-order valence-corrected chi connectivity index (χ2v) is 7.87. The van der Waals surface area contributed by atoms with Crippen LogP contribution in [0.15, 0.2) is 41.4 Å². The lowest BCUT2D eigenvalue weighted by atomic mass is 10.2. The topological polar surface area (TPSA) is 78.0 Å². The quantitative estimate of drug-likeness (QED) is 0.718. The Kier molecular flexibility index (Phi) is 5.39. The Morgan fingerprint density at radius 2 is 1.79 bits per heavy atom. The van der Waals surface area contributed by atoms with E-state index in [1.807, 2.05) is 0 Å². The number of hydrogen-bond acceptors (Lipinski definition) is 6. The van der Waals surface area contributed by atoms with Crippen molar-refractivity contribution in [3.05, 3.63) is 42.1 Å². The van der Waals surface area contributed by atoms with Crippen LogP contribution in [-0.4, -0.2) is 51.1 Å². The third kappa shape index (κ3) is 3.85. The van der Waals surface area contributed by atoms with Crippen molar-refractivity contribution < 1.29 is 35.8 Å². The maximum atomic E-state index is 13.0. The molecule has 1 aliphatic heterocycles. The molecule has 1 saturated heterocycles. The second kappa shape index (κ2) is 7.47. The number of halogens is 3. The van der Waals surface area contributed by atoms with Gasteiger partial charge in [0.1, 0.15) is 11.7 Å². The molecule has 3 rings (SSSR count). The van der Waals surface area contributed by atoms with Gasteiger partial charge in [-0.2, -0.15) is 17.5 Å². The molecule has 0 atom stereocenters. The smallest absolute Gasteiger partial charge is 0.421 e. The normalized spacial score (nSPS) is 15.8. The van der Waals surface area contributed by atoms with E-state index in [0.717, 1.165) is 16.4 Å². The van der Waals surface area contributed by atoms with Gasteiger partial charge in [0, 0.05) is 12.3 Å². The number of alkyl halides is 3. The predicted molar refractivity (Wildman–Crippen MR) is 92.0 cm³/mol. The molecule has 0 saturated carbocycles. The number of sulfonamides is 1. The fourth-order valence-corrected chi connectivity index (χ4v) is 4.18. The van der Waals surface area contributed by atoms with Gasteiger partial charge in [-0.25, -0.2) is 13.4 Å². The number of hydrogen-bond donors (Lipinski definition) is 0. The number of rotatable bonds is 6. The van der Waals surface area contributed by atoms with Crippen LogP contribution in [0.3, 0.4) is 0 Å².